The molecule has 0 aliphatic carbocycles. The first kappa shape index (κ1) is 16.0. The lowest BCUT2D eigenvalue weighted by molar-refractivity contribution is -0.678. The Morgan fingerprint density at radius 3 is 2.50 bits per heavy atom. The van der Waals surface area contributed by atoms with Crippen molar-refractivity contribution in [1.29, 1.82) is 0 Å². The van der Waals surface area contributed by atoms with Gasteiger partial charge in [0.2, 0.25) is 11.6 Å². The van der Waals surface area contributed by atoms with E-state index < -0.39 is 5.63 Å². The van der Waals surface area contributed by atoms with E-state index in [0.717, 1.165) is 5.69 Å². The largest absolute Gasteiger partial charge is 0.432 e. The standard InChI is InChI=1S/C16H21N3O3/c1-16(2,3)10-14(20)18(4)11-13-15(21)22-17-19(13)12-8-6-5-7-9-12/h5-9H,10-11H2,1-4H3/p+1. The summed E-state index contributed by atoms with van der Waals surface area (Å²) >= 11 is 0. The number of nitrogens with one attached hydrogen (secondary N) is 1. The molecular weight excluding hydrogens is 282 g/mol. The molecule has 0 aliphatic heterocycles. The second-order valence-electron chi connectivity index (χ2n) is 6.59. The van der Waals surface area contributed by atoms with Crippen molar-refractivity contribution in [3.05, 3.63) is 46.4 Å². The molecule has 0 saturated carbocycles. The summed E-state index contributed by atoms with van der Waals surface area (Å²) in [6.07, 6.45) is 0.421. The van der Waals surface area contributed by atoms with Crippen LogP contribution >= 0.6 is 0 Å². The summed E-state index contributed by atoms with van der Waals surface area (Å²) in [4.78, 5) is 25.7. The lowest BCUT2D eigenvalue weighted by Gasteiger charge is -2.21. The molecule has 0 unspecified atom stereocenters. The van der Waals surface area contributed by atoms with Crippen LogP contribution in [0.4, 0.5) is 0 Å². The van der Waals surface area contributed by atoms with Gasteiger partial charge in [0.1, 0.15) is 6.54 Å². The van der Waals surface area contributed by atoms with E-state index >= 15 is 0 Å². The van der Waals surface area contributed by atoms with Gasteiger partial charge in [-0.15, -0.1) is 0 Å². The number of amides is 1. The molecule has 1 heterocycles. The smallest absolute Gasteiger partial charge is 0.335 e. The van der Waals surface area contributed by atoms with Crippen LogP contribution in [0.2, 0.25) is 0 Å². The third-order valence-corrected chi connectivity index (χ3v) is 3.24. The van der Waals surface area contributed by atoms with Gasteiger partial charge in [-0.05, 0) is 15.4 Å². The molecule has 0 radical (unpaired) electrons. The number of aromatic nitrogens is 2. The van der Waals surface area contributed by atoms with E-state index in [0.29, 0.717) is 12.1 Å². The summed E-state index contributed by atoms with van der Waals surface area (Å²) in [5.74, 6) is -0.00675. The van der Waals surface area contributed by atoms with Gasteiger partial charge in [-0.1, -0.05) is 39.0 Å². The maximum absolute atomic E-state index is 12.2. The average molecular weight is 304 g/mol. The van der Waals surface area contributed by atoms with Crippen molar-refractivity contribution < 1.29 is 14.0 Å². The molecule has 2 rings (SSSR count). The molecule has 0 saturated heterocycles. The summed E-state index contributed by atoms with van der Waals surface area (Å²) in [5.41, 5.74) is 0.596. The predicted molar refractivity (Wildman–Crippen MR) is 81.4 cm³/mol. The molecule has 0 fully saturated rings. The maximum atomic E-state index is 12.2. The molecule has 1 N–H and O–H groups in total. The summed E-state index contributed by atoms with van der Waals surface area (Å²) in [6, 6.07) is 9.33. The Kier molecular flexibility index (Phi) is 4.49. The number of nitrogens with zero attached hydrogens (tertiary/aromatic N) is 2. The normalized spacial score (nSPS) is 11.5. The number of carbonyl (C=O) groups excluding carboxylic acids is 1. The van der Waals surface area contributed by atoms with Crippen LogP contribution in [0, 0.1) is 5.41 Å². The minimum Gasteiger partial charge on any atom is -0.335 e. The molecule has 0 spiro atoms. The first-order valence-corrected chi connectivity index (χ1v) is 7.20. The molecule has 0 atom stereocenters. The Morgan fingerprint density at radius 1 is 1.27 bits per heavy atom. The molecule has 22 heavy (non-hydrogen) atoms. The van der Waals surface area contributed by atoms with Crippen molar-refractivity contribution in [3.63, 3.8) is 0 Å². The molecule has 118 valence electrons. The van der Waals surface area contributed by atoms with Crippen molar-refractivity contribution in [1.82, 2.24) is 10.2 Å². The van der Waals surface area contributed by atoms with Crippen LogP contribution in [0.25, 0.3) is 5.69 Å². The molecule has 1 aromatic heterocycles. The number of rotatable bonds is 4. The molecule has 6 heteroatoms. The third-order valence-electron chi connectivity index (χ3n) is 3.24. The van der Waals surface area contributed by atoms with Crippen molar-refractivity contribution in [2.75, 3.05) is 7.05 Å². The van der Waals surface area contributed by atoms with Gasteiger partial charge >= 0.3 is 11.3 Å². The van der Waals surface area contributed by atoms with Crippen LogP contribution in [0.3, 0.4) is 0 Å². The minimum absolute atomic E-state index is 0.00675. The van der Waals surface area contributed by atoms with Gasteiger partial charge in [0, 0.05) is 25.6 Å². The Hall–Kier alpha value is -2.37. The number of aromatic amines is 1. The average Bonchev–Trinajstić information content (AvgIpc) is 2.79. The molecule has 1 amide bonds. The van der Waals surface area contributed by atoms with E-state index in [1.165, 1.54) is 0 Å². The molecule has 1 aromatic carbocycles. The van der Waals surface area contributed by atoms with Crippen LogP contribution < -0.4 is 10.3 Å². The van der Waals surface area contributed by atoms with E-state index in [9.17, 15) is 9.59 Å². The Balaban J connectivity index is 2.22. The highest BCUT2D eigenvalue weighted by Gasteiger charge is 2.27. The van der Waals surface area contributed by atoms with Gasteiger partial charge in [0.15, 0.2) is 0 Å². The third kappa shape index (κ3) is 3.84. The predicted octanol–water partition coefficient (Wildman–Crippen LogP) is 1.64. The van der Waals surface area contributed by atoms with E-state index in [-0.39, 0.29) is 17.9 Å². The van der Waals surface area contributed by atoms with E-state index in [4.69, 9.17) is 4.52 Å². The second kappa shape index (κ2) is 6.17. The zero-order chi connectivity index (χ0) is 16.3. The van der Waals surface area contributed by atoms with Gasteiger partial charge in [-0.2, -0.15) is 0 Å². The topological polar surface area (TPSA) is 70.2 Å². The number of hydrogen-bond acceptors (Lipinski definition) is 3. The maximum Gasteiger partial charge on any atom is 0.432 e. The number of carbonyl (C=O) groups is 1. The Bertz CT molecular complexity index is 695. The van der Waals surface area contributed by atoms with Gasteiger partial charge in [-0.25, -0.2) is 4.79 Å². The summed E-state index contributed by atoms with van der Waals surface area (Å²) in [7, 11) is 1.69. The van der Waals surface area contributed by atoms with E-state index in [1.807, 2.05) is 51.1 Å². The Labute approximate surface area is 129 Å². The van der Waals surface area contributed by atoms with Gasteiger partial charge < -0.3 is 4.90 Å². The van der Waals surface area contributed by atoms with Crippen LogP contribution in [0.15, 0.2) is 39.6 Å². The van der Waals surface area contributed by atoms with Crippen LogP contribution in [-0.2, 0) is 11.3 Å². The van der Waals surface area contributed by atoms with Crippen molar-refractivity contribution >= 4 is 5.91 Å². The summed E-state index contributed by atoms with van der Waals surface area (Å²) in [6.45, 7) is 6.21. The monoisotopic (exact) mass is 304 g/mol. The van der Waals surface area contributed by atoms with Gasteiger partial charge in [0.25, 0.3) is 0 Å². The van der Waals surface area contributed by atoms with Crippen molar-refractivity contribution in [2.24, 2.45) is 5.41 Å². The highest BCUT2D eigenvalue weighted by atomic mass is 16.5. The number of hydrogen-bond donors (Lipinski definition) is 1. The molecule has 2 aromatic rings. The highest BCUT2D eigenvalue weighted by molar-refractivity contribution is 5.76. The van der Waals surface area contributed by atoms with Crippen molar-refractivity contribution in [2.45, 2.75) is 33.7 Å². The molecular formula is C16H22N3O3+. The van der Waals surface area contributed by atoms with Crippen LogP contribution in [-0.4, -0.2) is 23.1 Å². The number of benzene rings is 1. The SMILES string of the molecule is CN(Cc1c(=O)o[nH][n+]1-c1ccccc1)C(=O)CC(C)(C)C. The lowest BCUT2D eigenvalue weighted by atomic mass is 9.92. The molecule has 0 aliphatic rings. The minimum atomic E-state index is -0.473. The number of H-pyrrole nitrogens is 1. The van der Waals surface area contributed by atoms with E-state index in [2.05, 4.69) is 5.27 Å². The number of para-hydroxylation sites is 1. The highest BCUT2D eigenvalue weighted by Crippen LogP contribution is 2.19. The fourth-order valence-corrected chi connectivity index (χ4v) is 2.11. The van der Waals surface area contributed by atoms with E-state index in [1.54, 1.807) is 16.6 Å². The zero-order valence-electron chi connectivity index (χ0n) is 13.4. The molecule has 0 bridgehead atoms. The summed E-state index contributed by atoms with van der Waals surface area (Å²) in [5, 5.41) is 2.57. The Morgan fingerprint density at radius 2 is 1.91 bits per heavy atom. The first-order chi connectivity index (χ1) is 10.3. The quantitative estimate of drug-likeness (QED) is 0.873. The van der Waals surface area contributed by atoms with Crippen LogP contribution in [0.1, 0.15) is 32.9 Å². The lowest BCUT2D eigenvalue weighted by Crippen LogP contribution is -2.42. The zero-order valence-corrected chi connectivity index (χ0v) is 13.4. The molecule has 6 nitrogen and oxygen atoms in total. The summed E-state index contributed by atoms with van der Waals surface area (Å²) < 4.78 is 6.43. The van der Waals surface area contributed by atoms with Gasteiger partial charge in [0.05, 0.1) is 0 Å². The second-order valence-corrected chi connectivity index (χ2v) is 6.59. The van der Waals surface area contributed by atoms with Gasteiger partial charge in [-0.3, -0.25) is 9.32 Å². The van der Waals surface area contributed by atoms with Crippen molar-refractivity contribution in [3.8, 4) is 5.69 Å². The van der Waals surface area contributed by atoms with Crippen LogP contribution in [0.5, 0.6) is 0 Å². The fourth-order valence-electron chi connectivity index (χ4n) is 2.11. The fraction of sp³-hybridized carbons (Fsp3) is 0.438. The first-order valence-electron chi connectivity index (χ1n) is 7.20.